The molecule has 2 aromatic heterocycles. The molecule has 1 aliphatic carbocycles. The van der Waals surface area contributed by atoms with Gasteiger partial charge in [-0.05, 0) is 38.8 Å². The maximum absolute atomic E-state index is 5.65. The fourth-order valence-electron chi connectivity index (χ4n) is 3.24. The van der Waals surface area contributed by atoms with Gasteiger partial charge in [-0.3, -0.25) is 4.98 Å². The Morgan fingerprint density at radius 2 is 2.00 bits per heavy atom. The van der Waals surface area contributed by atoms with Gasteiger partial charge in [0.1, 0.15) is 5.82 Å². The summed E-state index contributed by atoms with van der Waals surface area (Å²) in [5.41, 5.74) is 3.03. The van der Waals surface area contributed by atoms with Crippen LogP contribution in [0.5, 0.6) is 0 Å². The molecule has 0 aliphatic heterocycles. The average molecular weight is 341 g/mol. The molecule has 6 nitrogen and oxygen atoms in total. The Kier molecular flexibility index (Phi) is 5.81. The van der Waals surface area contributed by atoms with Crippen LogP contribution in [0.2, 0.25) is 0 Å². The third-order valence-electron chi connectivity index (χ3n) is 4.87. The fraction of sp³-hybridized carbons (Fsp3) is 0.526. The maximum atomic E-state index is 5.65. The van der Waals surface area contributed by atoms with Crippen LogP contribution in [0.1, 0.15) is 42.6 Å². The Balaban J connectivity index is 1.73. The summed E-state index contributed by atoms with van der Waals surface area (Å²) in [6.07, 6.45) is 6.70. The summed E-state index contributed by atoms with van der Waals surface area (Å²) in [6, 6.07) is 6.18. The zero-order valence-corrected chi connectivity index (χ0v) is 15.2. The summed E-state index contributed by atoms with van der Waals surface area (Å²) < 4.78 is 5.65. The second-order valence-corrected chi connectivity index (χ2v) is 6.59. The lowest BCUT2D eigenvalue weighted by Gasteiger charge is -2.32. The molecule has 0 spiro atoms. The van der Waals surface area contributed by atoms with Gasteiger partial charge >= 0.3 is 0 Å². The molecule has 2 atom stereocenters. The third kappa shape index (κ3) is 4.45. The zero-order valence-electron chi connectivity index (χ0n) is 15.2. The molecular formula is C19H27N5O. The van der Waals surface area contributed by atoms with Crippen molar-refractivity contribution in [2.75, 3.05) is 17.7 Å². The minimum absolute atomic E-state index is 0.244. The molecule has 2 N–H and O–H groups in total. The fourth-order valence-corrected chi connectivity index (χ4v) is 3.24. The topological polar surface area (TPSA) is 72.0 Å². The van der Waals surface area contributed by atoms with E-state index in [0.29, 0.717) is 18.5 Å². The van der Waals surface area contributed by atoms with Gasteiger partial charge in [-0.2, -0.15) is 4.98 Å². The van der Waals surface area contributed by atoms with Gasteiger partial charge in [0, 0.05) is 24.6 Å². The smallest absolute Gasteiger partial charge is 0.225 e. The van der Waals surface area contributed by atoms with Crippen molar-refractivity contribution in [3.05, 3.63) is 41.3 Å². The maximum Gasteiger partial charge on any atom is 0.225 e. The summed E-state index contributed by atoms with van der Waals surface area (Å²) in [7, 11) is 1.79. The summed E-state index contributed by atoms with van der Waals surface area (Å²) in [5.74, 6) is 1.52. The number of anilines is 2. The molecule has 6 heteroatoms. The van der Waals surface area contributed by atoms with Gasteiger partial charge in [-0.1, -0.05) is 18.9 Å². The van der Waals surface area contributed by atoms with Crippen LogP contribution in [0.3, 0.4) is 0 Å². The zero-order chi connectivity index (χ0) is 17.6. The Hall–Kier alpha value is -2.21. The molecule has 0 radical (unpaired) electrons. The molecule has 25 heavy (non-hydrogen) atoms. The molecule has 1 fully saturated rings. The standard InChI is InChI=1S/C19H27N5O/c1-13-14(2)22-19(21-12-15-8-6-7-11-20-15)24-18(13)23-16-9-4-5-10-17(16)25-3/h6-8,11,16-17H,4-5,9-10,12H2,1-3H3,(H2,21,22,23,24)/t16-,17+/m0/s1. The summed E-state index contributed by atoms with van der Waals surface area (Å²) in [5, 5.41) is 6.87. The van der Waals surface area contributed by atoms with Crippen LogP contribution in [0, 0.1) is 13.8 Å². The van der Waals surface area contributed by atoms with Crippen molar-refractivity contribution in [1.82, 2.24) is 15.0 Å². The number of aryl methyl sites for hydroxylation is 1. The first-order valence-electron chi connectivity index (χ1n) is 8.95. The van der Waals surface area contributed by atoms with Crippen LogP contribution in [0.4, 0.5) is 11.8 Å². The van der Waals surface area contributed by atoms with Gasteiger partial charge in [0.15, 0.2) is 0 Å². The lowest BCUT2D eigenvalue weighted by atomic mass is 9.92. The SMILES string of the molecule is CO[C@@H]1CCCC[C@@H]1Nc1nc(NCc2ccccn2)nc(C)c1C. The molecule has 134 valence electrons. The predicted octanol–water partition coefficient (Wildman–Crippen LogP) is 3.47. The van der Waals surface area contributed by atoms with Gasteiger partial charge in [0.05, 0.1) is 24.4 Å². The van der Waals surface area contributed by atoms with Crippen molar-refractivity contribution in [3.8, 4) is 0 Å². The highest BCUT2D eigenvalue weighted by Crippen LogP contribution is 2.26. The molecule has 0 bridgehead atoms. The van der Waals surface area contributed by atoms with Gasteiger partial charge < -0.3 is 15.4 Å². The predicted molar refractivity (Wildman–Crippen MR) is 99.7 cm³/mol. The molecule has 2 aromatic rings. The highest BCUT2D eigenvalue weighted by molar-refractivity contribution is 5.50. The van der Waals surface area contributed by atoms with E-state index in [2.05, 4.69) is 27.5 Å². The van der Waals surface area contributed by atoms with Crippen molar-refractivity contribution in [2.24, 2.45) is 0 Å². The Morgan fingerprint density at radius 3 is 2.76 bits per heavy atom. The van der Waals surface area contributed by atoms with E-state index in [1.807, 2.05) is 25.1 Å². The second kappa shape index (κ2) is 8.25. The molecule has 0 saturated heterocycles. The van der Waals surface area contributed by atoms with Crippen LogP contribution in [0.15, 0.2) is 24.4 Å². The first-order valence-corrected chi connectivity index (χ1v) is 8.95. The first-order chi connectivity index (χ1) is 12.2. The van der Waals surface area contributed by atoms with Crippen molar-refractivity contribution in [1.29, 1.82) is 0 Å². The number of hydrogen-bond acceptors (Lipinski definition) is 6. The van der Waals surface area contributed by atoms with Crippen LogP contribution in [-0.4, -0.2) is 34.2 Å². The van der Waals surface area contributed by atoms with E-state index in [1.54, 1.807) is 13.3 Å². The molecule has 2 heterocycles. The van der Waals surface area contributed by atoms with Gasteiger partial charge in [-0.15, -0.1) is 0 Å². The largest absolute Gasteiger partial charge is 0.379 e. The molecule has 1 aliphatic rings. The molecule has 3 rings (SSSR count). The van der Waals surface area contributed by atoms with Crippen molar-refractivity contribution in [3.63, 3.8) is 0 Å². The number of ether oxygens (including phenoxy) is 1. The van der Waals surface area contributed by atoms with Gasteiger partial charge in [-0.25, -0.2) is 4.98 Å². The van der Waals surface area contributed by atoms with Gasteiger partial charge in [0.2, 0.25) is 5.95 Å². The van der Waals surface area contributed by atoms with Gasteiger partial charge in [0.25, 0.3) is 0 Å². The summed E-state index contributed by atoms with van der Waals surface area (Å²) in [4.78, 5) is 13.6. The van der Waals surface area contributed by atoms with Crippen LogP contribution in [0.25, 0.3) is 0 Å². The highest BCUT2D eigenvalue weighted by atomic mass is 16.5. The van der Waals surface area contributed by atoms with E-state index < -0.39 is 0 Å². The normalized spacial score (nSPS) is 20.3. The number of pyridine rings is 1. The molecule has 1 saturated carbocycles. The summed E-state index contributed by atoms with van der Waals surface area (Å²) >= 11 is 0. The number of rotatable bonds is 6. The number of aromatic nitrogens is 3. The molecule has 0 amide bonds. The quantitative estimate of drug-likeness (QED) is 0.838. The van der Waals surface area contributed by atoms with Crippen LogP contribution < -0.4 is 10.6 Å². The van der Waals surface area contributed by atoms with E-state index in [9.17, 15) is 0 Å². The monoisotopic (exact) mass is 341 g/mol. The van der Waals surface area contributed by atoms with E-state index in [0.717, 1.165) is 35.6 Å². The van der Waals surface area contributed by atoms with E-state index >= 15 is 0 Å². The van der Waals surface area contributed by atoms with E-state index in [-0.39, 0.29) is 6.10 Å². The lowest BCUT2D eigenvalue weighted by Crippen LogP contribution is -2.38. The summed E-state index contributed by atoms with van der Waals surface area (Å²) in [6.45, 7) is 4.68. The van der Waals surface area contributed by atoms with Crippen molar-refractivity contribution < 1.29 is 4.74 Å². The number of nitrogens with one attached hydrogen (secondary N) is 2. The van der Waals surface area contributed by atoms with Crippen LogP contribution >= 0.6 is 0 Å². The Morgan fingerprint density at radius 1 is 1.16 bits per heavy atom. The second-order valence-electron chi connectivity index (χ2n) is 6.59. The third-order valence-corrected chi connectivity index (χ3v) is 4.87. The first kappa shape index (κ1) is 17.6. The number of hydrogen-bond donors (Lipinski definition) is 2. The highest BCUT2D eigenvalue weighted by Gasteiger charge is 2.26. The van der Waals surface area contributed by atoms with Crippen molar-refractivity contribution >= 4 is 11.8 Å². The molecule has 0 aromatic carbocycles. The molecule has 0 unspecified atom stereocenters. The van der Waals surface area contributed by atoms with Crippen LogP contribution in [-0.2, 0) is 11.3 Å². The van der Waals surface area contributed by atoms with E-state index in [1.165, 1.54) is 12.8 Å². The average Bonchev–Trinajstić information content (AvgIpc) is 2.65. The number of nitrogens with zero attached hydrogens (tertiary/aromatic N) is 3. The minimum Gasteiger partial charge on any atom is -0.379 e. The minimum atomic E-state index is 0.244. The Bertz CT molecular complexity index is 692. The van der Waals surface area contributed by atoms with Crippen molar-refractivity contribution in [2.45, 2.75) is 58.2 Å². The molecular weight excluding hydrogens is 314 g/mol. The number of methoxy groups -OCH3 is 1. The van der Waals surface area contributed by atoms with E-state index in [4.69, 9.17) is 9.72 Å². The Labute approximate surface area is 149 Å². The lowest BCUT2D eigenvalue weighted by molar-refractivity contribution is 0.0605.